The molecule has 3 aromatic rings. The zero-order valence-corrected chi connectivity index (χ0v) is 24.0. The van der Waals surface area contributed by atoms with Gasteiger partial charge in [-0.25, -0.2) is 19.7 Å². The summed E-state index contributed by atoms with van der Waals surface area (Å²) >= 11 is 0. The fraction of sp³-hybridized carbons (Fsp3) is 0.464. The number of carbonyl (C=O) groups is 2. The Bertz CT molecular complexity index is 1450. The Hall–Kier alpha value is -4.17. The largest absolute Gasteiger partial charge is 0.443 e. The van der Waals surface area contributed by atoms with Crippen LogP contribution in [-0.2, 0) is 35.5 Å². The first-order valence-corrected chi connectivity index (χ1v) is 13.3. The number of aromatic nitrogens is 4. The summed E-state index contributed by atoms with van der Waals surface area (Å²) in [5.41, 5.74) is -3.10. The highest BCUT2D eigenvalue weighted by molar-refractivity contribution is 5.99. The molecular formula is C28H30F6N6O3. The number of amides is 2. The van der Waals surface area contributed by atoms with Crippen LogP contribution in [0.5, 0.6) is 0 Å². The third kappa shape index (κ3) is 7.25. The molecule has 2 aromatic heterocycles. The Kier molecular flexibility index (Phi) is 8.49. The van der Waals surface area contributed by atoms with Crippen LogP contribution < -0.4 is 4.90 Å². The molecule has 3 heterocycles. The number of likely N-dealkylation sites (tertiary alicyclic amines) is 1. The molecule has 0 radical (unpaired) electrons. The fourth-order valence-corrected chi connectivity index (χ4v) is 4.78. The molecule has 1 saturated heterocycles. The molecule has 232 valence electrons. The Balaban J connectivity index is 1.79. The van der Waals surface area contributed by atoms with Crippen LogP contribution in [0.1, 0.15) is 57.2 Å². The lowest BCUT2D eigenvalue weighted by atomic mass is 10.0. The molecule has 1 aromatic carbocycles. The van der Waals surface area contributed by atoms with Gasteiger partial charge in [0.15, 0.2) is 0 Å². The van der Waals surface area contributed by atoms with E-state index in [1.807, 2.05) is 0 Å². The number of anilines is 1. The highest BCUT2D eigenvalue weighted by Crippen LogP contribution is 2.38. The van der Waals surface area contributed by atoms with Crippen LogP contribution >= 0.6 is 0 Å². The molecule has 15 heteroatoms. The molecule has 2 unspecified atom stereocenters. The molecule has 0 bridgehead atoms. The summed E-state index contributed by atoms with van der Waals surface area (Å²) in [7, 11) is 1.71. The molecule has 0 N–H and O–H groups in total. The van der Waals surface area contributed by atoms with Crippen molar-refractivity contribution in [3.05, 3.63) is 59.7 Å². The fourth-order valence-electron chi connectivity index (χ4n) is 4.78. The second-order valence-electron chi connectivity index (χ2n) is 11.2. The first-order valence-electron chi connectivity index (χ1n) is 13.3. The summed E-state index contributed by atoms with van der Waals surface area (Å²) in [6.45, 7) is 6.02. The van der Waals surface area contributed by atoms with E-state index < -0.39 is 59.7 Å². The smallest absolute Gasteiger partial charge is 0.417 e. The number of benzene rings is 1. The minimum Gasteiger partial charge on any atom is -0.443 e. The first-order chi connectivity index (χ1) is 19.9. The quantitative estimate of drug-likeness (QED) is 0.305. The van der Waals surface area contributed by atoms with Crippen molar-refractivity contribution in [3.63, 3.8) is 0 Å². The lowest BCUT2D eigenvalue weighted by Gasteiger charge is -2.29. The number of aryl methyl sites for hydroxylation is 1. The minimum atomic E-state index is -5.06. The van der Waals surface area contributed by atoms with Crippen molar-refractivity contribution < 1.29 is 40.7 Å². The van der Waals surface area contributed by atoms with Crippen LogP contribution in [0.25, 0.3) is 11.1 Å². The van der Waals surface area contributed by atoms with Crippen LogP contribution in [0.3, 0.4) is 0 Å². The van der Waals surface area contributed by atoms with E-state index in [0.29, 0.717) is 29.7 Å². The topological polar surface area (TPSA) is 93.5 Å². The maximum absolute atomic E-state index is 13.7. The maximum atomic E-state index is 13.7. The first kappa shape index (κ1) is 31.8. The second kappa shape index (κ2) is 11.5. The van der Waals surface area contributed by atoms with Gasteiger partial charge in [0.25, 0.3) is 5.91 Å². The standard InChI is InChI=1S/C28H30F6N6O3/c1-6-21-10-22(23(41)40(21)25(42)43-26(2,3)4)39(24-35-11-17(12-36-24)18-13-37-38(5)15-18)14-16-7-19(27(29,30)31)9-20(8-16)28(32,33)34/h7-9,11-13,15,21-22H,6,10,14H2,1-5H3. The van der Waals surface area contributed by atoms with Gasteiger partial charge >= 0.3 is 18.4 Å². The number of hydrogen-bond acceptors (Lipinski definition) is 7. The number of nitrogens with zero attached hydrogens (tertiary/aromatic N) is 6. The van der Waals surface area contributed by atoms with Gasteiger partial charge in [-0.05, 0) is 57.4 Å². The predicted octanol–water partition coefficient (Wildman–Crippen LogP) is 6.24. The van der Waals surface area contributed by atoms with E-state index in [4.69, 9.17) is 4.74 Å². The van der Waals surface area contributed by atoms with Gasteiger partial charge in [-0.2, -0.15) is 31.4 Å². The number of rotatable bonds is 6. The molecule has 4 rings (SSSR count). The van der Waals surface area contributed by atoms with E-state index in [1.54, 1.807) is 51.8 Å². The number of hydrogen-bond donors (Lipinski definition) is 0. The SMILES string of the molecule is CCC1CC(N(Cc2cc(C(F)(F)F)cc(C(F)(F)F)c2)c2ncc(-c3cnn(C)c3)cn2)C(=O)N1C(=O)OC(C)(C)C. The molecule has 0 aliphatic carbocycles. The third-order valence-corrected chi connectivity index (χ3v) is 6.75. The number of imide groups is 1. The summed E-state index contributed by atoms with van der Waals surface area (Å²) in [5, 5.41) is 4.08. The highest BCUT2D eigenvalue weighted by atomic mass is 19.4. The van der Waals surface area contributed by atoms with Crippen molar-refractivity contribution in [1.82, 2.24) is 24.6 Å². The van der Waals surface area contributed by atoms with Crippen LogP contribution in [0, 0.1) is 0 Å². The molecule has 0 spiro atoms. The number of halogens is 6. The zero-order chi connectivity index (χ0) is 31.9. The number of ether oxygens (including phenoxy) is 1. The predicted molar refractivity (Wildman–Crippen MR) is 142 cm³/mol. The van der Waals surface area contributed by atoms with Crippen molar-refractivity contribution in [2.75, 3.05) is 4.90 Å². The van der Waals surface area contributed by atoms with Gasteiger partial charge in [0.05, 0.1) is 17.3 Å². The molecule has 2 atom stereocenters. The van der Waals surface area contributed by atoms with Crippen LogP contribution in [0.2, 0.25) is 0 Å². The lowest BCUT2D eigenvalue weighted by molar-refractivity contribution is -0.143. The Morgan fingerprint density at radius 3 is 2.02 bits per heavy atom. The van der Waals surface area contributed by atoms with Gasteiger partial charge < -0.3 is 9.64 Å². The van der Waals surface area contributed by atoms with E-state index in [0.717, 1.165) is 4.90 Å². The van der Waals surface area contributed by atoms with Gasteiger partial charge in [0.2, 0.25) is 5.95 Å². The third-order valence-electron chi connectivity index (χ3n) is 6.75. The van der Waals surface area contributed by atoms with Gasteiger partial charge in [0, 0.05) is 49.4 Å². The number of alkyl halides is 6. The van der Waals surface area contributed by atoms with Crippen LogP contribution in [0.4, 0.5) is 37.1 Å². The molecular weight excluding hydrogens is 582 g/mol. The monoisotopic (exact) mass is 612 g/mol. The summed E-state index contributed by atoms with van der Waals surface area (Å²) in [6, 6.07) is -0.615. The van der Waals surface area contributed by atoms with Crippen LogP contribution in [0.15, 0.2) is 43.0 Å². The Morgan fingerprint density at radius 1 is 0.977 bits per heavy atom. The molecule has 1 fully saturated rings. The van der Waals surface area contributed by atoms with Gasteiger partial charge in [0.1, 0.15) is 11.6 Å². The summed E-state index contributed by atoms with van der Waals surface area (Å²) < 4.78 is 88.6. The molecule has 1 aliphatic heterocycles. The van der Waals surface area contributed by atoms with E-state index in [-0.39, 0.29) is 24.0 Å². The van der Waals surface area contributed by atoms with Crippen LogP contribution in [-0.4, -0.2) is 54.3 Å². The molecule has 0 saturated carbocycles. The van der Waals surface area contributed by atoms with E-state index in [2.05, 4.69) is 15.1 Å². The van der Waals surface area contributed by atoms with Crippen molar-refractivity contribution in [3.8, 4) is 11.1 Å². The minimum absolute atomic E-state index is 0.0212. The highest BCUT2D eigenvalue weighted by Gasteiger charge is 2.47. The molecule has 2 amide bonds. The van der Waals surface area contributed by atoms with Gasteiger partial charge in [-0.15, -0.1) is 0 Å². The second-order valence-corrected chi connectivity index (χ2v) is 11.2. The Labute approximate surface area is 243 Å². The van der Waals surface area contributed by atoms with E-state index >= 15 is 0 Å². The molecule has 9 nitrogen and oxygen atoms in total. The zero-order valence-electron chi connectivity index (χ0n) is 24.0. The summed E-state index contributed by atoms with van der Waals surface area (Å²) in [6.07, 6.45) is -4.61. The normalized spacial score (nSPS) is 17.8. The summed E-state index contributed by atoms with van der Waals surface area (Å²) in [5.74, 6) is -0.859. The molecule has 1 aliphatic rings. The summed E-state index contributed by atoms with van der Waals surface area (Å²) in [4.78, 5) is 37.5. The lowest BCUT2D eigenvalue weighted by Crippen LogP contribution is -2.46. The van der Waals surface area contributed by atoms with Crippen molar-refractivity contribution in [2.24, 2.45) is 7.05 Å². The Morgan fingerprint density at radius 2 is 1.56 bits per heavy atom. The van der Waals surface area contributed by atoms with Crippen molar-refractivity contribution in [2.45, 2.75) is 77.1 Å². The van der Waals surface area contributed by atoms with E-state index in [1.165, 1.54) is 17.3 Å². The van der Waals surface area contributed by atoms with Crippen molar-refractivity contribution >= 4 is 17.9 Å². The maximum Gasteiger partial charge on any atom is 0.417 e. The van der Waals surface area contributed by atoms with E-state index in [9.17, 15) is 35.9 Å². The molecule has 43 heavy (non-hydrogen) atoms. The van der Waals surface area contributed by atoms with Gasteiger partial charge in [-0.1, -0.05) is 6.92 Å². The van der Waals surface area contributed by atoms with Gasteiger partial charge in [-0.3, -0.25) is 9.48 Å². The number of carbonyl (C=O) groups excluding carboxylic acids is 2. The van der Waals surface area contributed by atoms with Crippen molar-refractivity contribution in [1.29, 1.82) is 0 Å². The average molecular weight is 613 g/mol. The average Bonchev–Trinajstić information content (AvgIpc) is 3.48.